The fourth-order valence-corrected chi connectivity index (χ4v) is 2.63. The molecule has 0 radical (unpaired) electrons. The van der Waals surface area contributed by atoms with E-state index in [0.29, 0.717) is 23.7 Å². The average molecular weight is 321 g/mol. The van der Waals surface area contributed by atoms with Gasteiger partial charge in [-0.25, -0.2) is 0 Å². The Hall–Kier alpha value is -1.27. The number of nitrogens with one attached hydrogen (secondary N) is 1. The van der Waals surface area contributed by atoms with Gasteiger partial charge < -0.3 is 5.32 Å². The molecule has 1 atom stereocenters. The van der Waals surface area contributed by atoms with Crippen LogP contribution < -0.4 is 5.32 Å². The molecule has 0 bridgehead atoms. The largest absolute Gasteiger partial charge is 0.393 e. The van der Waals surface area contributed by atoms with Gasteiger partial charge in [-0.15, -0.1) is 0 Å². The van der Waals surface area contributed by atoms with Gasteiger partial charge in [0, 0.05) is 17.3 Å². The van der Waals surface area contributed by atoms with Crippen LogP contribution in [0.4, 0.5) is 18.9 Å². The zero-order valence-electron chi connectivity index (χ0n) is 11.3. The van der Waals surface area contributed by atoms with Crippen LogP contribution in [0.1, 0.15) is 12.8 Å². The molecule has 1 unspecified atom stereocenters. The second-order valence-electron chi connectivity index (χ2n) is 5.17. The van der Waals surface area contributed by atoms with E-state index in [1.54, 1.807) is 29.2 Å². The Balaban J connectivity index is 1.88. The van der Waals surface area contributed by atoms with E-state index < -0.39 is 12.1 Å². The zero-order chi connectivity index (χ0) is 15.5. The number of alkyl halides is 3. The molecule has 1 amide bonds. The summed E-state index contributed by atoms with van der Waals surface area (Å²) in [5.74, 6) is -1.68. The van der Waals surface area contributed by atoms with Gasteiger partial charge in [-0.3, -0.25) is 9.69 Å². The summed E-state index contributed by atoms with van der Waals surface area (Å²) in [6.07, 6.45) is -3.60. The highest BCUT2D eigenvalue weighted by molar-refractivity contribution is 6.30. The molecule has 1 fully saturated rings. The van der Waals surface area contributed by atoms with Crippen molar-refractivity contribution in [2.24, 2.45) is 5.92 Å². The molecule has 1 N–H and O–H groups in total. The molecule has 1 aromatic carbocycles. The standard InChI is InChI=1S/C14H16ClF3N2O/c15-11-4-1-5-12(7-11)19-13(21)9-20-6-2-3-10(8-20)14(16,17)18/h1,4-5,7,10H,2-3,6,8-9H2,(H,19,21). The van der Waals surface area contributed by atoms with Crippen molar-refractivity contribution in [2.45, 2.75) is 19.0 Å². The fourth-order valence-electron chi connectivity index (χ4n) is 2.44. The van der Waals surface area contributed by atoms with Crippen LogP contribution in [0.3, 0.4) is 0 Å². The van der Waals surface area contributed by atoms with Crippen molar-refractivity contribution >= 4 is 23.2 Å². The SMILES string of the molecule is O=C(CN1CCCC(C(F)(F)F)C1)Nc1cccc(Cl)c1. The Morgan fingerprint density at radius 2 is 2.19 bits per heavy atom. The molecule has 0 aromatic heterocycles. The van der Waals surface area contributed by atoms with Crippen molar-refractivity contribution in [3.63, 3.8) is 0 Å². The molecule has 0 aliphatic carbocycles. The predicted molar refractivity (Wildman–Crippen MR) is 75.3 cm³/mol. The third-order valence-electron chi connectivity index (χ3n) is 3.44. The molecule has 2 rings (SSSR count). The van der Waals surface area contributed by atoms with Gasteiger partial charge in [0.1, 0.15) is 0 Å². The number of hydrogen-bond donors (Lipinski definition) is 1. The summed E-state index contributed by atoms with van der Waals surface area (Å²) in [5, 5.41) is 3.13. The molecule has 0 saturated carbocycles. The number of halogens is 4. The molecule has 1 aliphatic rings. The highest BCUT2D eigenvalue weighted by Crippen LogP contribution is 2.32. The number of amides is 1. The van der Waals surface area contributed by atoms with E-state index in [1.165, 1.54) is 0 Å². The maximum absolute atomic E-state index is 12.7. The van der Waals surface area contributed by atoms with Gasteiger partial charge in [0.2, 0.25) is 5.91 Å². The normalized spacial score (nSPS) is 20.3. The minimum absolute atomic E-state index is 0.0426. The lowest BCUT2D eigenvalue weighted by molar-refractivity contribution is -0.186. The number of hydrogen-bond acceptors (Lipinski definition) is 2. The van der Waals surface area contributed by atoms with Crippen LogP contribution in [0.2, 0.25) is 5.02 Å². The molecular weight excluding hydrogens is 305 g/mol. The van der Waals surface area contributed by atoms with Gasteiger partial charge in [-0.2, -0.15) is 13.2 Å². The Kier molecular flexibility index (Phi) is 5.11. The van der Waals surface area contributed by atoms with Crippen LogP contribution in [-0.4, -0.2) is 36.6 Å². The Bertz CT molecular complexity index is 507. The lowest BCUT2D eigenvalue weighted by Crippen LogP contribution is -2.44. The summed E-state index contributed by atoms with van der Waals surface area (Å²) in [4.78, 5) is 13.4. The maximum atomic E-state index is 12.7. The third kappa shape index (κ3) is 4.89. The number of piperidine rings is 1. The number of benzene rings is 1. The van der Waals surface area contributed by atoms with Crippen LogP contribution >= 0.6 is 11.6 Å². The molecule has 0 spiro atoms. The Labute approximate surface area is 126 Å². The minimum Gasteiger partial charge on any atom is -0.325 e. The van der Waals surface area contributed by atoms with E-state index in [-0.39, 0.29) is 25.4 Å². The molecule has 7 heteroatoms. The molecule has 1 heterocycles. The first kappa shape index (κ1) is 16.1. The average Bonchev–Trinajstić information content (AvgIpc) is 2.37. The summed E-state index contributed by atoms with van der Waals surface area (Å²) in [6.45, 7) is 0.348. The second kappa shape index (κ2) is 6.66. The second-order valence-corrected chi connectivity index (χ2v) is 5.61. The lowest BCUT2D eigenvalue weighted by Gasteiger charge is -2.33. The number of nitrogens with zero attached hydrogens (tertiary/aromatic N) is 1. The number of carbonyl (C=O) groups is 1. The predicted octanol–water partition coefficient (Wildman–Crippen LogP) is 3.55. The topological polar surface area (TPSA) is 32.3 Å². The van der Waals surface area contributed by atoms with E-state index in [0.717, 1.165) is 0 Å². The third-order valence-corrected chi connectivity index (χ3v) is 3.68. The molecule has 116 valence electrons. The molecule has 21 heavy (non-hydrogen) atoms. The quantitative estimate of drug-likeness (QED) is 0.923. The van der Waals surface area contributed by atoms with Gasteiger partial charge in [0.05, 0.1) is 12.5 Å². The van der Waals surface area contributed by atoms with Crippen molar-refractivity contribution in [2.75, 3.05) is 25.0 Å². The fraction of sp³-hybridized carbons (Fsp3) is 0.500. The Morgan fingerprint density at radius 1 is 1.43 bits per heavy atom. The van der Waals surface area contributed by atoms with Crippen LogP contribution in [0, 0.1) is 5.92 Å². The van der Waals surface area contributed by atoms with Crippen molar-refractivity contribution in [3.05, 3.63) is 29.3 Å². The van der Waals surface area contributed by atoms with E-state index in [1.807, 2.05) is 0 Å². The van der Waals surface area contributed by atoms with E-state index in [9.17, 15) is 18.0 Å². The van der Waals surface area contributed by atoms with Gasteiger partial charge in [0.25, 0.3) is 0 Å². The first-order valence-corrected chi connectivity index (χ1v) is 7.07. The summed E-state index contributed by atoms with van der Waals surface area (Å²) >= 11 is 5.80. The first-order valence-electron chi connectivity index (χ1n) is 6.69. The van der Waals surface area contributed by atoms with Crippen LogP contribution in [-0.2, 0) is 4.79 Å². The molecule has 1 saturated heterocycles. The minimum atomic E-state index is -4.19. The highest BCUT2D eigenvalue weighted by atomic mass is 35.5. The first-order chi connectivity index (χ1) is 9.84. The Morgan fingerprint density at radius 3 is 2.86 bits per heavy atom. The smallest absolute Gasteiger partial charge is 0.325 e. The van der Waals surface area contributed by atoms with Gasteiger partial charge >= 0.3 is 6.18 Å². The van der Waals surface area contributed by atoms with E-state index in [4.69, 9.17) is 11.6 Å². The zero-order valence-corrected chi connectivity index (χ0v) is 12.0. The van der Waals surface area contributed by atoms with E-state index >= 15 is 0 Å². The summed E-state index contributed by atoms with van der Waals surface area (Å²) in [6, 6.07) is 6.64. The van der Waals surface area contributed by atoms with Crippen molar-refractivity contribution in [3.8, 4) is 0 Å². The molecule has 3 nitrogen and oxygen atoms in total. The molecule has 1 aliphatic heterocycles. The van der Waals surface area contributed by atoms with Crippen LogP contribution in [0.5, 0.6) is 0 Å². The summed E-state index contributed by atoms with van der Waals surface area (Å²) in [7, 11) is 0. The molecular formula is C14H16ClF3N2O. The summed E-state index contributed by atoms with van der Waals surface area (Å²) < 4.78 is 38.1. The van der Waals surface area contributed by atoms with Crippen molar-refractivity contribution in [1.82, 2.24) is 4.90 Å². The highest BCUT2D eigenvalue weighted by Gasteiger charge is 2.41. The van der Waals surface area contributed by atoms with Gasteiger partial charge in [0.15, 0.2) is 0 Å². The van der Waals surface area contributed by atoms with Gasteiger partial charge in [-0.1, -0.05) is 17.7 Å². The number of rotatable bonds is 3. The maximum Gasteiger partial charge on any atom is 0.393 e. The van der Waals surface area contributed by atoms with Crippen molar-refractivity contribution in [1.29, 1.82) is 0 Å². The number of anilines is 1. The summed E-state index contributed by atoms with van der Waals surface area (Å²) in [5.41, 5.74) is 0.539. The number of likely N-dealkylation sites (tertiary alicyclic amines) is 1. The van der Waals surface area contributed by atoms with Crippen LogP contribution in [0.25, 0.3) is 0 Å². The lowest BCUT2D eigenvalue weighted by atomic mass is 9.97. The number of carbonyl (C=O) groups excluding carboxylic acids is 1. The molecule has 1 aromatic rings. The van der Waals surface area contributed by atoms with Crippen molar-refractivity contribution < 1.29 is 18.0 Å². The van der Waals surface area contributed by atoms with Crippen LogP contribution in [0.15, 0.2) is 24.3 Å². The van der Waals surface area contributed by atoms with E-state index in [2.05, 4.69) is 5.32 Å². The monoisotopic (exact) mass is 320 g/mol. The van der Waals surface area contributed by atoms with Gasteiger partial charge in [-0.05, 0) is 37.6 Å².